The third-order valence-corrected chi connectivity index (χ3v) is 6.05. The molecule has 0 atom stereocenters. The van der Waals surface area contributed by atoms with Crippen LogP contribution in [0.2, 0.25) is 0 Å². The molecule has 0 spiro atoms. The minimum atomic E-state index is -0.171. The van der Waals surface area contributed by atoms with Gasteiger partial charge < -0.3 is 4.74 Å². The number of aromatic nitrogens is 6. The monoisotopic (exact) mass is 414 g/mol. The maximum Gasteiger partial charge on any atom is 0.275 e. The predicted molar refractivity (Wildman–Crippen MR) is 109 cm³/mol. The van der Waals surface area contributed by atoms with Gasteiger partial charge in [0.2, 0.25) is 10.1 Å². The Morgan fingerprint density at radius 1 is 1.29 bits per heavy atom. The summed E-state index contributed by atoms with van der Waals surface area (Å²) in [5.41, 5.74) is 1.40. The van der Waals surface area contributed by atoms with E-state index in [0.717, 1.165) is 16.3 Å². The number of methoxy groups -OCH3 is 1. The summed E-state index contributed by atoms with van der Waals surface area (Å²) in [5.74, 6) is 2.17. The van der Waals surface area contributed by atoms with E-state index in [9.17, 15) is 4.79 Å². The number of benzene rings is 1. The van der Waals surface area contributed by atoms with E-state index < -0.39 is 0 Å². The van der Waals surface area contributed by atoms with Crippen molar-refractivity contribution in [3.05, 3.63) is 51.4 Å². The number of nitrogens with zero attached hydrogens (tertiary/aromatic N) is 5. The van der Waals surface area contributed by atoms with E-state index in [-0.39, 0.29) is 11.5 Å². The van der Waals surface area contributed by atoms with E-state index in [1.807, 2.05) is 38.1 Å². The van der Waals surface area contributed by atoms with Gasteiger partial charge in [0, 0.05) is 23.3 Å². The van der Waals surface area contributed by atoms with Crippen molar-refractivity contribution < 1.29 is 4.74 Å². The Morgan fingerprint density at radius 3 is 2.93 bits per heavy atom. The Balaban J connectivity index is 1.52. The molecule has 0 aliphatic carbocycles. The number of fused-ring (bicyclic) bond motifs is 1. The molecule has 10 heteroatoms. The molecule has 0 unspecified atom stereocenters. The molecule has 144 valence electrons. The molecule has 8 nitrogen and oxygen atoms in total. The van der Waals surface area contributed by atoms with Crippen LogP contribution in [0.15, 0.2) is 40.3 Å². The SMILES string of the molecule is COc1cccc(-c2nc(SCc3cc(=O)n4nc(C(C)C)sc4n3)n[nH]2)c1. The molecule has 3 heterocycles. The Morgan fingerprint density at radius 2 is 2.14 bits per heavy atom. The van der Waals surface area contributed by atoms with Gasteiger partial charge in [0.1, 0.15) is 10.8 Å². The molecule has 0 bridgehead atoms. The Bertz CT molecular complexity index is 1180. The summed E-state index contributed by atoms with van der Waals surface area (Å²) < 4.78 is 6.60. The molecule has 0 amide bonds. The van der Waals surface area contributed by atoms with Crippen LogP contribution < -0.4 is 10.3 Å². The summed E-state index contributed by atoms with van der Waals surface area (Å²) in [6.45, 7) is 4.09. The van der Waals surface area contributed by atoms with E-state index in [1.165, 1.54) is 33.7 Å². The van der Waals surface area contributed by atoms with Crippen molar-refractivity contribution in [2.24, 2.45) is 0 Å². The number of rotatable bonds is 6. The molecule has 0 aliphatic rings. The second kappa shape index (κ2) is 7.72. The summed E-state index contributed by atoms with van der Waals surface area (Å²) in [7, 11) is 1.63. The normalized spacial score (nSPS) is 11.4. The number of H-pyrrole nitrogens is 1. The van der Waals surface area contributed by atoms with Crippen LogP contribution >= 0.6 is 23.1 Å². The zero-order chi connectivity index (χ0) is 19.7. The minimum Gasteiger partial charge on any atom is -0.497 e. The number of nitrogens with one attached hydrogen (secondary N) is 1. The van der Waals surface area contributed by atoms with E-state index in [4.69, 9.17) is 4.74 Å². The minimum absolute atomic E-state index is 0.171. The second-order valence-corrected chi connectivity index (χ2v) is 8.29. The largest absolute Gasteiger partial charge is 0.497 e. The van der Waals surface area contributed by atoms with Crippen LogP contribution in [0.4, 0.5) is 0 Å². The lowest BCUT2D eigenvalue weighted by atomic mass is 10.2. The fourth-order valence-electron chi connectivity index (χ4n) is 2.53. The summed E-state index contributed by atoms with van der Waals surface area (Å²) in [5, 5.41) is 13.0. The van der Waals surface area contributed by atoms with Gasteiger partial charge in [-0.05, 0) is 12.1 Å². The number of hydrogen-bond acceptors (Lipinski definition) is 8. The van der Waals surface area contributed by atoms with Crippen molar-refractivity contribution in [1.29, 1.82) is 0 Å². The molecule has 0 fully saturated rings. The Kier molecular flexibility index (Phi) is 5.14. The second-order valence-electron chi connectivity index (χ2n) is 6.36. The number of ether oxygens (including phenoxy) is 1. The highest BCUT2D eigenvalue weighted by molar-refractivity contribution is 7.98. The third kappa shape index (κ3) is 3.78. The Hall–Kier alpha value is -2.72. The average Bonchev–Trinajstić information content (AvgIpc) is 3.34. The lowest BCUT2D eigenvalue weighted by Gasteiger charge is -2.00. The highest BCUT2D eigenvalue weighted by Gasteiger charge is 2.13. The first-order valence-electron chi connectivity index (χ1n) is 8.63. The molecule has 4 aromatic rings. The molecule has 0 aliphatic heterocycles. The van der Waals surface area contributed by atoms with Crippen LogP contribution in [-0.4, -0.2) is 36.9 Å². The van der Waals surface area contributed by atoms with Crippen molar-refractivity contribution in [2.75, 3.05) is 7.11 Å². The van der Waals surface area contributed by atoms with Crippen molar-refractivity contribution in [2.45, 2.75) is 30.7 Å². The van der Waals surface area contributed by atoms with Crippen LogP contribution in [-0.2, 0) is 5.75 Å². The van der Waals surface area contributed by atoms with Crippen molar-refractivity contribution in [1.82, 2.24) is 29.8 Å². The van der Waals surface area contributed by atoms with Crippen LogP contribution in [0.25, 0.3) is 16.3 Å². The van der Waals surface area contributed by atoms with Crippen LogP contribution in [0, 0.1) is 0 Å². The van der Waals surface area contributed by atoms with Gasteiger partial charge in [-0.25, -0.2) is 9.97 Å². The number of hydrogen-bond donors (Lipinski definition) is 1. The fourth-order valence-corrected chi connectivity index (χ4v) is 4.14. The van der Waals surface area contributed by atoms with Gasteiger partial charge in [-0.3, -0.25) is 9.89 Å². The highest BCUT2D eigenvalue weighted by Crippen LogP contribution is 2.25. The van der Waals surface area contributed by atoms with E-state index in [1.54, 1.807) is 7.11 Å². The zero-order valence-electron chi connectivity index (χ0n) is 15.5. The lowest BCUT2D eigenvalue weighted by Crippen LogP contribution is -2.15. The van der Waals surface area contributed by atoms with Gasteiger partial charge in [-0.1, -0.05) is 49.1 Å². The molecule has 0 saturated heterocycles. The number of aromatic amines is 1. The van der Waals surface area contributed by atoms with Crippen molar-refractivity contribution in [3.8, 4) is 17.1 Å². The van der Waals surface area contributed by atoms with E-state index >= 15 is 0 Å². The maximum atomic E-state index is 12.3. The van der Waals surface area contributed by atoms with Crippen LogP contribution in [0.5, 0.6) is 5.75 Å². The van der Waals surface area contributed by atoms with Crippen molar-refractivity contribution >= 4 is 28.1 Å². The van der Waals surface area contributed by atoms with Crippen LogP contribution in [0.3, 0.4) is 0 Å². The summed E-state index contributed by atoms with van der Waals surface area (Å²) in [6.07, 6.45) is 0. The first kappa shape index (κ1) is 18.6. The summed E-state index contributed by atoms with van der Waals surface area (Å²) in [6, 6.07) is 9.11. The fraction of sp³-hybridized carbons (Fsp3) is 0.278. The highest BCUT2D eigenvalue weighted by atomic mass is 32.2. The van der Waals surface area contributed by atoms with E-state index in [0.29, 0.717) is 27.4 Å². The predicted octanol–water partition coefficient (Wildman–Crippen LogP) is 3.36. The number of thioether (sulfide) groups is 1. The molecule has 4 rings (SSSR count). The standard InChI is InChI=1S/C18H18N6O2S2/c1-10(2)16-23-24-14(25)8-12(19-18(24)28-16)9-27-17-20-15(21-22-17)11-5-4-6-13(7-11)26-3/h4-8,10H,9H2,1-3H3,(H,20,21,22). The molecule has 1 aromatic carbocycles. The van der Waals surface area contributed by atoms with Gasteiger partial charge in [0.15, 0.2) is 5.82 Å². The third-order valence-electron chi connectivity index (χ3n) is 3.96. The maximum absolute atomic E-state index is 12.3. The molecule has 3 aromatic heterocycles. The molecule has 0 saturated carbocycles. The topological polar surface area (TPSA) is 98.1 Å². The first-order valence-corrected chi connectivity index (χ1v) is 10.4. The van der Waals surface area contributed by atoms with Crippen molar-refractivity contribution in [3.63, 3.8) is 0 Å². The first-order chi connectivity index (χ1) is 13.5. The Labute approximate surface area is 169 Å². The molecular formula is C18H18N6O2S2. The lowest BCUT2D eigenvalue weighted by molar-refractivity contribution is 0.415. The van der Waals surface area contributed by atoms with Gasteiger partial charge in [-0.15, -0.1) is 5.10 Å². The zero-order valence-corrected chi connectivity index (χ0v) is 17.2. The smallest absolute Gasteiger partial charge is 0.275 e. The molecule has 28 heavy (non-hydrogen) atoms. The van der Waals surface area contributed by atoms with Gasteiger partial charge in [0.25, 0.3) is 5.56 Å². The molecular weight excluding hydrogens is 396 g/mol. The van der Waals surface area contributed by atoms with E-state index in [2.05, 4.69) is 25.3 Å². The van der Waals surface area contributed by atoms with Crippen LogP contribution in [0.1, 0.15) is 30.5 Å². The quantitative estimate of drug-likeness (QED) is 0.483. The molecule has 0 radical (unpaired) electrons. The summed E-state index contributed by atoms with van der Waals surface area (Å²) >= 11 is 2.86. The average molecular weight is 415 g/mol. The van der Waals surface area contributed by atoms with Gasteiger partial charge >= 0.3 is 0 Å². The summed E-state index contributed by atoms with van der Waals surface area (Å²) in [4.78, 5) is 22.0. The van der Waals surface area contributed by atoms with Gasteiger partial charge in [0.05, 0.1) is 12.8 Å². The molecule has 1 N–H and O–H groups in total. The van der Waals surface area contributed by atoms with Gasteiger partial charge in [-0.2, -0.15) is 9.61 Å².